The van der Waals surface area contributed by atoms with Gasteiger partial charge in [0.1, 0.15) is 12.0 Å². The minimum Gasteiger partial charge on any atom is -0.505 e. The third-order valence-electron chi connectivity index (χ3n) is 2.26. The van der Waals surface area contributed by atoms with Crippen LogP contribution in [0.25, 0.3) is 5.57 Å². The first-order valence-corrected chi connectivity index (χ1v) is 5.63. The molecule has 1 aliphatic rings. The maximum absolute atomic E-state index is 13.4. The van der Waals surface area contributed by atoms with Gasteiger partial charge in [-0.15, -0.1) is 0 Å². The van der Waals surface area contributed by atoms with Crippen LogP contribution in [0, 0.1) is 5.92 Å². The largest absolute Gasteiger partial charge is 0.505 e. The van der Waals surface area contributed by atoms with Crippen LogP contribution in [0.1, 0.15) is 5.56 Å². The highest BCUT2D eigenvalue weighted by Gasteiger charge is 2.14. The molecule has 0 radical (unpaired) electrons. The van der Waals surface area contributed by atoms with Crippen molar-refractivity contribution < 1.29 is 14.3 Å². The predicted molar refractivity (Wildman–Crippen MR) is 61.8 cm³/mol. The Balaban J connectivity index is 2.46. The lowest BCUT2D eigenvalue weighted by Crippen LogP contribution is -1.94. The lowest BCUT2D eigenvalue weighted by atomic mass is 10.0. The van der Waals surface area contributed by atoms with E-state index in [0.29, 0.717) is 11.9 Å². The van der Waals surface area contributed by atoms with Gasteiger partial charge in [-0.2, -0.15) is 11.3 Å². The molecule has 0 amide bonds. The van der Waals surface area contributed by atoms with Gasteiger partial charge >= 0.3 is 0 Å². The fraction of sp³-hybridized carbons (Fsp3) is 0.0833. The Hall–Kier alpha value is -1.68. The van der Waals surface area contributed by atoms with Crippen LogP contribution in [0.2, 0.25) is 0 Å². The molecule has 1 aromatic rings. The molecular formula is C12H9FO2S. The third kappa shape index (κ3) is 2.12. The number of hydrogen-bond donors (Lipinski definition) is 1. The van der Waals surface area contributed by atoms with Crippen molar-refractivity contribution in [3.05, 3.63) is 52.2 Å². The van der Waals surface area contributed by atoms with Gasteiger partial charge in [0.05, 0.1) is 5.92 Å². The average Bonchev–Trinajstić information content (AvgIpc) is 2.75. The molecule has 1 heterocycles. The summed E-state index contributed by atoms with van der Waals surface area (Å²) in [4.78, 5) is 10.7. The Morgan fingerprint density at radius 2 is 2.25 bits per heavy atom. The molecule has 16 heavy (non-hydrogen) atoms. The van der Waals surface area contributed by atoms with Gasteiger partial charge in [-0.25, -0.2) is 4.39 Å². The molecule has 0 aromatic carbocycles. The van der Waals surface area contributed by atoms with E-state index in [1.807, 2.05) is 16.8 Å². The Labute approximate surface area is 96.0 Å². The van der Waals surface area contributed by atoms with E-state index in [0.717, 1.165) is 5.56 Å². The van der Waals surface area contributed by atoms with Crippen molar-refractivity contribution in [3.8, 4) is 0 Å². The molecule has 0 spiro atoms. The average molecular weight is 236 g/mol. The standard InChI is InChI=1S/C12H9FO2S/c13-11-5-10(9-1-2-16-7-9)3-8(6-14)4-12(11)15/h1-8,15H. The molecule has 1 N–H and O–H groups in total. The molecular weight excluding hydrogens is 227 g/mol. The minimum absolute atomic E-state index is 0.487. The lowest BCUT2D eigenvalue weighted by molar-refractivity contribution is -0.108. The van der Waals surface area contributed by atoms with Crippen LogP contribution >= 0.6 is 11.3 Å². The summed E-state index contributed by atoms with van der Waals surface area (Å²) in [6.45, 7) is 0. The molecule has 1 atom stereocenters. The van der Waals surface area contributed by atoms with Crippen LogP contribution in [-0.2, 0) is 4.79 Å². The number of aliphatic hydroxyl groups is 1. The van der Waals surface area contributed by atoms with Crippen molar-refractivity contribution in [2.24, 2.45) is 5.92 Å². The summed E-state index contributed by atoms with van der Waals surface area (Å²) in [5, 5.41) is 13.0. The second kappa shape index (κ2) is 4.45. The zero-order valence-corrected chi connectivity index (χ0v) is 9.08. The molecule has 1 aliphatic carbocycles. The maximum atomic E-state index is 13.4. The van der Waals surface area contributed by atoms with Crippen LogP contribution in [0.3, 0.4) is 0 Å². The van der Waals surface area contributed by atoms with E-state index in [2.05, 4.69) is 0 Å². The highest BCUT2D eigenvalue weighted by Crippen LogP contribution is 2.27. The van der Waals surface area contributed by atoms with E-state index in [1.54, 1.807) is 6.08 Å². The molecule has 1 aromatic heterocycles. The number of rotatable bonds is 2. The van der Waals surface area contributed by atoms with Crippen molar-refractivity contribution in [2.45, 2.75) is 0 Å². The first-order valence-electron chi connectivity index (χ1n) is 4.69. The molecule has 0 bridgehead atoms. The molecule has 4 heteroatoms. The zero-order chi connectivity index (χ0) is 11.5. The number of hydrogen-bond acceptors (Lipinski definition) is 3. The highest BCUT2D eigenvalue weighted by atomic mass is 32.1. The third-order valence-corrected chi connectivity index (χ3v) is 2.94. The van der Waals surface area contributed by atoms with Crippen molar-refractivity contribution in [1.82, 2.24) is 0 Å². The maximum Gasteiger partial charge on any atom is 0.165 e. The smallest absolute Gasteiger partial charge is 0.165 e. The van der Waals surface area contributed by atoms with Gasteiger partial charge in [0.2, 0.25) is 0 Å². The highest BCUT2D eigenvalue weighted by molar-refractivity contribution is 7.08. The Morgan fingerprint density at radius 1 is 1.44 bits per heavy atom. The Bertz CT molecular complexity index is 483. The first kappa shape index (κ1) is 10.8. The van der Waals surface area contributed by atoms with Crippen LogP contribution in [-0.4, -0.2) is 11.4 Å². The van der Waals surface area contributed by atoms with E-state index in [-0.39, 0.29) is 0 Å². The normalized spacial score (nSPS) is 20.6. The zero-order valence-electron chi connectivity index (χ0n) is 8.26. The van der Waals surface area contributed by atoms with Gasteiger partial charge in [-0.05, 0) is 40.1 Å². The molecule has 2 rings (SSSR count). The molecule has 0 fully saturated rings. The van der Waals surface area contributed by atoms with Gasteiger partial charge < -0.3 is 9.90 Å². The van der Waals surface area contributed by atoms with Crippen molar-refractivity contribution in [2.75, 3.05) is 0 Å². The number of thiophene rings is 1. The van der Waals surface area contributed by atoms with E-state index in [1.165, 1.54) is 23.5 Å². The lowest BCUT2D eigenvalue weighted by Gasteiger charge is -1.99. The number of aliphatic hydroxyl groups excluding tert-OH is 1. The minimum atomic E-state index is -0.721. The number of carbonyl (C=O) groups excluding carboxylic acids is 1. The quantitative estimate of drug-likeness (QED) is 0.800. The van der Waals surface area contributed by atoms with Crippen LogP contribution in [0.4, 0.5) is 4.39 Å². The summed E-state index contributed by atoms with van der Waals surface area (Å²) in [6, 6.07) is 1.84. The summed E-state index contributed by atoms with van der Waals surface area (Å²) < 4.78 is 13.4. The Morgan fingerprint density at radius 3 is 2.88 bits per heavy atom. The van der Waals surface area contributed by atoms with E-state index >= 15 is 0 Å². The monoisotopic (exact) mass is 236 g/mol. The molecule has 0 saturated heterocycles. The number of aldehydes is 1. The number of carbonyl (C=O) groups is 1. The second-order valence-electron chi connectivity index (χ2n) is 3.39. The fourth-order valence-corrected chi connectivity index (χ4v) is 2.13. The molecule has 1 unspecified atom stereocenters. The summed E-state index contributed by atoms with van der Waals surface area (Å²) in [6.07, 6.45) is 4.71. The van der Waals surface area contributed by atoms with E-state index < -0.39 is 17.5 Å². The predicted octanol–water partition coefficient (Wildman–Crippen LogP) is 3.26. The van der Waals surface area contributed by atoms with Crippen molar-refractivity contribution in [3.63, 3.8) is 0 Å². The number of halogens is 1. The summed E-state index contributed by atoms with van der Waals surface area (Å²) >= 11 is 1.49. The van der Waals surface area contributed by atoms with Gasteiger partial charge in [0.25, 0.3) is 0 Å². The molecule has 82 valence electrons. The van der Waals surface area contributed by atoms with Crippen molar-refractivity contribution >= 4 is 23.2 Å². The second-order valence-corrected chi connectivity index (χ2v) is 4.17. The summed E-state index contributed by atoms with van der Waals surface area (Å²) in [7, 11) is 0. The van der Waals surface area contributed by atoms with E-state index in [9.17, 15) is 14.3 Å². The topological polar surface area (TPSA) is 37.3 Å². The van der Waals surface area contributed by atoms with Crippen LogP contribution in [0.15, 0.2) is 46.6 Å². The van der Waals surface area contributed by atoms with Gasteiger partial charge in [-0.1, -0.05) is 6.08 Å². The van der Waals surface area contributed by atoms with E-state index in [4.69, 9.17) is 0 Å². The molecule has 2 nitrogen and oxygen atoms in total. The van der Waals surface area contributed by atoms with Gasteiger partial charge in [-0.3, -0.25) is 0 Å². The Kier molecular flexibility index (Phi) is 3.01. The first-order chi connectivity index (χ1) is 7.70. The molecule has 0 aliphatic heterocycles. The van der Waals surface area contributed by atoms with Crippen LogP contribution in [0.5, 0.6) is 0 Å². The van der Waals surface area contributed by atoms with Crippen molar-refractivity contribution in [1.29, 1.82) is 0 Å². The fourth-order valence-electron chi connectivity index (χ4n) is 1.46. The number of allylic oxidation sites excluding steroid dienone is 5. The SMILES string of the molecule is O=CC1C=C(O)C(F)=CC(c2ccsc2)=C1. The van der Waals surface area contributed by atoms with Gasteiger partial charge in [0.15, 0.2) is 5.83 Å². The summed E-state index contributed by atoms with van der Waals surface area (Å²) in [5.74, 6) is -1.81. The van der Waals surface area contributed by atoms with Crippen LogP contribution < -0.4 is 0 Å². The summed E-state index contributed by atoms with van der Waals surface area (Å²) in [5.41, 5.74) is 1.45. The molecule has 0 saturated carbocycles. The van der Waals surface area contributed by atoms with Gasteiger partial charge in [0, 0.05) is 0 Å².